The van der Waals surface area contributed by atoms with Crippen LogP contribution in [0.25, 0.3) is 0 Å². The van der Waals surface area contributed by atoms with Crippen LogP contribution in [-0.4, -0.2) is 10.9 Å². The lowest BCUT2D eigenvalue weighted by molar-refractivity contribution is 0.1000. The summed E-state index contributed by atoms with van der Waals surface area (Å²) in [5, 5.41) is 3.37. The number of carbonyl (C=O) groups is 1. The van der Waals surface area contributed by atoms with Crippen molar-refractivity contribution in [3.05, 3.63) is 64.5 Å². The van der Waals surface area contributed by atoms with E-state index in [1.165, 1.54) is 0 Å². The maximum Gasteiger partial charge on any atom is 0.248 e. The van der Waals surface area contributed by atoms with Gasteiger partial charge in [-0.3, -0.25) is 9.78 Å². The standard InChI is InChI=1S/C16H19N3O/c1-11-7-14(16(17)20)5-6-15(11)10-18-8-13-4-3-12(2)19-9-13/h3-7,9,18H,8,10H2,1-2H3,(H2,17,20). The summed E-state index contributed by atoms with van der Waals surface area (Å²) in [4.78, 5) is 15.4. The van der Waals surface area contributed by atoms with Gasteiger partial charge in [0.05, 0.1) is 0 Å². The van der Waals surface area contributed by atoms with Gasteiger partial charge in [0.2, 0.25) is 5.91 Å². The van der Waals surface area contributed by atoms with Crippen LogP contribution >= 0.6 is 0 Å². The van der Waals surface area contributed by atoms with E-state index in [0.717, 1.165) is 35.5 Å². The third-order valence-electron chi connectivity index (χ3n) is 3.24. The minimum atomic E-state index is -0.390. The molecule has 0 unspecified atom stereocenters. The highest BCUT2D eigenvalue weighted by molar-refractivity contribution is 5.93. The molecule has 3 N–H and O–H groups in total. The van der Waals surface area contributed by atoms with Gasteiger partial charge in [0.1, 0.15) is 0 Å². The molecule has 4 heteroatoms. The number of hydrogen-bond acceptors (Lipinski definition) is 3. The fraction of sp³-hybridized carbons (Fsp3) is 0.250. The Morgan fingerprint density at radius 2 is 2.00 bits per heavy atom. The molecule has 0 aliphatic heterocycles. The van der Waals surface area contributed by atoms with Crippen LogP contribution in [0.1, 0.15) is 32.7 Å². The number of pyridine rings is 1. The van der Waals surface area contributed by atoms with Crippen LogP contribution in [0.2, 0.25) is 0 Å². The molecule has 0 bridgehead atoms. The number of nitrogens with one attached hydrogen (secondary N) is 1. The topological polar surface area (TPSA) is 68.0 Å². The number of amides is 1. The number of nitrogens with zero attached hydrogens (tertiary/aromatic N) is 1. The van der Waals surface area contributed by atoms with E-state index in [4.69, 9.17) is 5.73 Å². The number of rotatable bonds is 5. The molecule has 1 aromatic heterocycles. The Morgan fingerprint density at radius 1 is 1.20 bits per heavy atom. The summed E-state index contributed by atoms with van der Waals surface area (Å²) >= 11 is 0. The summed E-state index contributed by atoms with van der Waals surface area (Å²) in [6.07, 6.45) is 1.88. The lowest BCUT2D eigenvalue weighted by Crippen LogP contribution is -2.15. The second-order valence-corrected chi connectivity index (χ2v) is 4.92. The van der Waals surface area contributed by atoms with Crippen LogP contribution in [0.15, 0.2) is 36.5 Å². The molecule has 0 fully saturated rings. The molecule has 1 amide bonds. The van der Waals surface area contributed by atoms with Gasteiger partial charge in [-0.15, -0.1) is 0 Å². The van der Waals surface area contributed by atoms with Gasteiger partial charge in [-0.2, -0.15) is 0 Å². The first-order valence-corrected chi connectivity index (χ1v) is 6.58. The number of hydrogen-bond donors (Lipinski definition) is 2. The predicted octanol–water partition coefficient (Wildman–Crippen LogP) is 2.09. The summed E-state index contributed by atoms with van der Waals surface area (Å²) in [5.41, 5.74) is 10.2. The fourth-order valence-corrected chi connectivity index (χ4v) is 1.99. The zero-order chi connectivity index (χ0) is 14.5. The van der Waals surface area contributed by atoms with E-state index in [0.29, 0.717) is 5.56 Å². The largest absolute Gasteiger partial charge is 0.366 e. The smallest absolute Gasteiger partial charge is 0.248 e. The molecule has 20 heavy (non-hydrogen) atoms. The van der Waals surface area contributed by atoms with Crippen molar-refractivity contribution in [1.29, 1.82) is 0 Å². The lowest BCUT2D eigenvalue weighted by atomic mass is 10.0. The lowest BCUT2D eigenvalue weighted by Gasteiger charge is -2.09. The van der Waals surface area contributed by atoms with Gasteiger partial charge in [0.15, 0.2) is 0 Å². The van der Waals surface area contributed by atoms with Crippen LogP contribution in [0.3, 0.4) is 0 Å². The Hall–Kier alpha value is -2.20. The number of nitrogens with two attached hydrogens (primary N) is 1. The van der Waals surface area contributed by atoms with E-state index in [2.05, 4.69) is 16.4 Å². The first-order chi connectivity index (χ1) is 9.56. The minimum absolute atomic E-state index is 0.390. The molecule has 4 nitrogen and oxygen atoms in total. The van der Waals surface area contributed by atoms with Crippen molar-refractivity contribution < 1.29 is 4.79 Å². The monoisotopic (exact) mass is 269 g/mol. The summed E-state index contributed by atoms with van der Waals surface area (Å²) < 4.78 is 0. The maximum absolute atomic E-state index is 11.1. The van der Waals surface area contributed by atoms with E-state index in [9.17, 15) is 4.79 Å². The van der Waals surface area contributed by atoms with Gasteiger partial charge in [-0.1, -0.05) is 12.1 Å². The third kappa shape index (κ3) is 3.65. The normalized spacial score (nSPS) is 10.5. The molecular weight excluding hydrogens is 250 g/mol. The summed E-state index contributed by atoms with van der Waals surface area (Å²) in [6, 6.07) is 9.60. The number of aromatic nitrogens is 1. The van der Waals surface area contributed by atoms with Crippen molar-refractivity contribution >= 4 is 5.91 Å². The molecule has 0 radical (unpaired) electrons. The molecule has 0 atom stereocenters. The third-order valence-corrected chi connectivity index (χ3v) is 3.24. The number of benzene rings is 1. The quantitative estimate of drug-likeness (QED) is 0.873. The van der Waals surface area contributed by atoms with E-state index >= 15 is 0 Å². The zero-order valence-corrected chi connectivity index (χ0v) is 11.8. The van der Waals surface area contributed by atoms with Crippen LogP contribution in [0, 0.1) is 13.8 Å². The van der Waals surface area contributed by atoms with E-state index in [-0.39, 0.29) is 0 Å². The van der Waals surface area contributed by atoms with Gasteiger partial charge in [0, 0.05) is 30.5 Å². The van der Waals surface area contributed by atoms with Crippen molar-refractivity contribution in [2.24, 2.45) is 5.73 Å². The van der Waals surface area contributed by atoms with Crippen LogP contribution in [0.5, 0.6) is 0 Å². The second kappa shape index (κ2) is 6.30. The fourth-order valence-electron chi connectivity index (χ4n) is 1.99. The van der Waals surface area contributed by atoms with Crippen LogP contribution < -0.4 is 11.1 Å². The Kier molecular flexibility index (Phi) is 4.48. The number of aryl methyl sites for hydroxylation is 2. The molecule has 0 saturated carbocycles. The van der Waals surface area contributed by atoms with Crippen molar-refractivity contribution in [3.8, 4) is 0 Å². The molecule has 0 aliphatic rings. The van der Waals surface area contributed by atoms with Crippen molar-refractivity contribution in [1.82, 2.24) is 10.3 Å². The zero-order valence-electron chi connectivity index (χ0n) is 11.8. The summed E-state index contributed by atoms with van der Waals surface area (Å²) in [6.45, 7) is 5.47. The van der Waals surface area contributed by atoms with Gasteiger partial charge in [0.25, 0.3) is 0 Å². The van der Waals surface area contributed by atoms with Crippen LogP contribution in [0.4, 0.5) is 0 Å². The highest BCUT2D eigenvalue weighted by Gasteiger charge is 2.04. The Labute approximate surface area is 119 Å². The molecule has 0 aliphatic carbocycles. The second-order valence-electron chi connectivity index (χ2n) is 4.92. The molecule has 2 aromatic rings. The van der Waals surface area contributed by atoms with Gasteiger partial charge < -0.3 is 11.1 Å². The van der Waals surface area contributed by atoms with E-state index in [1.54, 1.807) is 6.07 Å². The maximum atomic E-state index is 11.1. The number of carbonyl (C=O) groups excluding carboxylic acids is 1. The summed E-state index contributed by atoms with van der Waals surface area (Å²) in [5.74, 6) is -0.390. The van der Waals surface area contributed by atoms with Crippen molar-refractivity contribution in [2.75, 3.05) is 0 Å². The SMILES string of the molecule is Cc1ccc(CNCc2ccc(C(N)=O)cc2C)cn1. The first-order valence-electron chi connectivity index (χ1n) is 6.58. The molecule has 0 spiro atoms. The van der Waals surface area contributed by atoms with Crippen molar-refractivity contribution in [3.63, 3.8) is 0 Å². The van der Waals surface area contributed by atoms with E-state index < -0.39 is 5.91 Å². The summed E-state index contributed by atoms with van der Waals surface area (Å²) in [7, 11) is 0. The van der Waals surface area contributed by atoms with Gasteiger partial charge in [-0.05, 0) is 48.7 Å². The predicted molar refractivity (Wildman–Crippen MR) is 79.2 cm³/mol. The average molecular weight is 269 g/mol. The van der Waals surface area contributed by atoms with Gasteiger partial charge in [-0.25, -0.2) is 0 Å². The Balaban J connectivity index is 1.94. The average Bonchev–Trinajstić information content (AvgIpc) is 2.42. The van der Waals surface area contributed by atoms with Gasteiger partial charge >= 0.3 is 0 Å². The molecular formula is C16H19N3O. The highest BCUT2D eigenvalue weighted by Crippen LogP contribution is 2.11. The number of primary amides is 1. The van der Waals surface area contributed by atoms with E-state index in [1.807, 2.05) is 38.2 Å². The van der Waals surface area contributed by atoms with Crippen molar-refractivity contribution in [2.45, 2.75) is 26.9 Å². The Morgan fingerprint density at radius 3 is 2.60 bits per heavy atom. The minimum Gasteiger partial charge on any atom is -0.366 e. The molecule has 2 rings (SSSR count). The Bertz CT molecular complexity index is 606. The highest BCUT2D eigenvalue weighted by atomic mass is 16.1. The molecule has 1 aromatic carbocycles. The molecule has 104 valence electrons. The van der Waals surface area contributed by atoms with Crippen LogP contribution in [-0.2, 0) is 13.1 Å². The molecule has 0 saturated heterocycles. The first kappa shape index (κ1) is 14.2. The molecule has 1 heterocycles.